The summed E-state index contributed by atoms with van der Waals surface area (Å²) in [5.41, 5.74) is 2.57. The average molecular weight is 447 g/mol. The molecular formula is C22H23ClN2O2S2. The molecule has 4 rings (SSSR count). The fraction of sp³-hybridized carbons (Fsp3) is 0.318. The molecule has 1 saturated heterocycles. The van der Waals surface area contributed by atoms with Gasteiger partial charge in [-0.05, 0) is 42.5 Å². The SMILES string of the molecule is C[C@H]1C[C@H](C)CN(S(=O)(=O)c2cccc(-c3csc(-c4ccc(Cl)cc4)n3)c2)C1. The van der Waals surface area contributed by atoms with Gasteiger partial charge in [0, 0.05) is 34.6 Å². The van der Waals surface area contributed by atoms with Crippen molar-refractivity contribution in [3.8, 4) is 21.8 Å². The van der Waals surface area contributed by atoms with E-state index < -0.39 is 10.0 Å². The van der Waals surface area contributed by atoms with Gasteiger partial charge >= 0.3 is 0 Å². The van der Waals surface area contributed by atoms with Crippen molar-refractivity contribution in [2.45, 2.75) is 25.2 Å². The minimum absolute atomic E-state index is 0.331. The maximum Gasteiger partial charge on any atom is 0.243 e. The molecule has 4 nitrogen and oxygen atoms in total. The second-order valence-electron chi connectivity index (χ2n) is 7.84. The predicted octanol–water partition coefficient (Wildman–Crippen LogP) is 5.80. The molecule has 2 heterocycles. The van der Waals surface area contributed by atoms with Crippen LogP contribution in [0, 0.1) is 11.8 Å². The third-order valence-electron chi connectivity index (χ3n) is 5.20. The third-order valence-corrected chi connectivity index (χ3v) is 8.17. The highest BCUT2D eigenvalue weighted by molar-refractivity contribution is 7.89. The van der Waals surface area contributed by atoms with Crippen molar-refractivity contribution in [1.29, 1.82) is 0 Å². The predicted molar refractivity (Wildman–Crippen MR) is 120 cm³/mol. The van der Waals surface area contributed by atoms with Gasteiger partial charge in [-0.3, -0.25) is 0 Å². The Bertz CT molecular complexity index is 1100. The first-order valence-corrected chi connectivity index (χ1v) is 12.3. The number of benzene rings is 2. The first-order chi connectivity index (χ1) is 13.8. The van der Waals surface area contributed by atoms with Crippen LogP contribution in [0.15, 0.2) is 58.8 Å². The molecule has 1 aromatic heterocycles. The summed E-state index contributed by atoms with van der Waals surface area (Å²) in [6.07, 6.45) is 1.07. The van der Waals surface area contributed by atoms with E-state index in [0.717, 1.165) is 28.2 Å². The van der Waals surface area contributed by atoms with Crippen LogP contribution >= 0.6 is 22.9 Å². The largest absolute Gasteiger partial charge is 0.243 e. The highest BCUT2D eigenvalue weighted by Crippen LogP contribution is 2.32. The Labute approximate surface area is 181 Å². The second kappa shape index (κ2) is 8.19. The van der Waals surface area contributed by atoms with Gasteiger partial charge in [0.2, 0.25) is 10.0 Å². The summed E-state index contributed by atoms with van der Waals surface area (Å²) in [4.78, 5) is 5.04. The second-order valence-corrected chi connectivity index (χ2v) is 11.1. The molecule has 0 bridgehead atoms. The number of sulfonamides is 1. The fourth-order valence-electron chi connectivity index (χ4n) is 3.90. The van der Waals surface area contributed by atoms with Gasteiger partial charge in [0.05, 0.1) is 10.6 Å². The number of nitrogens with zero attached hydrogens (tertiary/aromatic N) is 2. The monoisotopic (exact) mass is 446 g/mol. The zero-order valence-electron chi connectivity index (χ0n) is 16.4. The molecule has 3 aromatic rings. The first kappa shape index (κ1) is 20.5. The van der Waals surface area contributed by atoms with Crippen LogP contribution in [0.4, 0.5) is 0 Å². The summed E-state index contributed by atoms with van der Waals surface area (Å²) in [5, 5.41) is 3.52. The number of halogens is 1. The molecule has 0 unspecified atom stereocenters. The number of piperidine rings is 1. The molecule has 2 atom stereocenters. The quantitative estimate of drug-likeness (QED) is 0.509. The zero-order chi connectivity index (χ0) is 20.6. The Hall–Kier alpha value is -1.73. The minimum atomic E-state index is -3.51. The van der Waals surface area contributed by atoms with Gasteiger partial charge in [0.15, 0.2) is 0 Å². The van der Waals surface area contributed by atoms with Crippen molar-refractivity contribution >= 4 is 33.0 Å². The van der Waals surface area contributed by atoms with Gasteiger partial charge in [0.25, 0.3) is 0 Å². The van der Waals surface area contributed by atoms with Crippen LogP contribution in [-0.2, 0) is 10.0 Å². The summed E-state index contributed by atoms with van der Waals surface area (Å²) >= 11 is 7.50. The van der Waals surface area contributed by atoms with E-state index in [0.29, 0.717) is 34.8 Å². The van der Waals surface area contributed by atoms with Crippen molar-refractivity contribution < 1.29 is 8.42 Å². The fourth-order valence-corrected chi connectivity index (χ4v) is 6.59. The Morgan fingerprint density at radius 1 is 1.03 bits per heavy atom. The highest BCUT2D eigenvalue weighted by atomic mass is 35.5. The van der Waals surface area contributed by atoms with E-state index >= 15 is 0 Å². The summed E-state index contributed by atoms with van der Waals surface area (Å²) in [6.45, 7) is 5.38. The minimum Gasteiger partial charge on any atom is -0.236 e. The molecule has 1 fully saturated rings. The van der Waals surface area contributed by atoms with Crippen molar-refractivity contribution in [3.63, 3.8) is 0 Å². The normalized spacial score (nSPS) is 20.7. The van der Waals surface area contributed by atoms with Crippen LogP contribution in [0.2, 0.25) is 5.02 Å². The number of rotatable bonds is 4. The van der Waals surface area contributed by atoms with E-state index in [-0.39, 0.29) is 0 Å². The number of hydrogen-bond donors (Lipinski definition) is 0. The average Bonchev–Trinajstić information content (AvgIpc) is 3.18. The van der Waals surface area contributed by atoms with Gasteiger partial charge in [-0.2, -0.15) is 4.31 Å². The van der Waals surface area contributed by atoms with Crippen LogP contribution in [-0.4, -0.2) is 30.8 Å². The van der Waals surface area contributed by atoms with Crippen LogP contribution in [0.25, 0.3) is 21.8 Å². The maximum absolute atomic E-state index is 13.2. The van der Waals surface area contributed by atoms with Crippen molar-refractivity contribution in [2.24, 2.45) is 11.8 Å². The molecule has 1 aliphatic heterocycles. The lowest BCUT2D eigenvalue weighted by molar-refractivity contribution is 0.222. The molecule has 1 aliphatic rings. The van der Waals surface area contributed by atoms with Crippen molar-refractivity contribution in [3.05, 3.63) is 58.9 Å². The molecule has 0 radical (unpaired) electrons. The molecule has 7 heteroatoms. The lowest BCUT2D eigenvalue weighted by Gasteiger charge is -2.34. The Kier molecular flexibility index (Phi) is 5.80. The molecule has 29 heavy (non-hydrogen) atoms. The number of aromatic nitrogens is 1. The van der Waals surface area contributed by atoms with E-state index in [2.05, 4.69) is 13.8 Å². The van der Waals surface area contributed by atoms with Gasteiger partial charge in [0.1, 0.15) is 5.01 Å². The summed E-state index contributed by atoms with van der Waals surface area (Å²) < 4.78 is 28.1. The van der Waals surface area contributed by atoms with E-state index in [4.69, 9.17) is 16.6 Å². The molecule has 2 aromatic carbocycles. The molecule has 0 aliphatic carbocycles. The molecule has 0 spiro atoms. The van der Waals surface area contributed by atoms with E-state index in [1.54, 1.807) is 22.5 Å². The Morgan fingerprint density at radius 2 is 1.72 bits per heavy atom. The summed E-state index contributed by atoms with van der Waals surface area (Å²) in [5.74, 6) is 0.745. The lowest BCUT2D eigenvalue weighted by atomic mass is 9.94. The third kappa shape index (κ3) is 4.40. The van der Waals surface area contributed by atoms with Crippen LogP contribution in [0.5, 0.6) is 0 Å². The first-order valence-electron chi connectivity index (χ1n) is 9.65. The Balaban J connectivity index is 1.63. The van der Waals surface area contributed by atoms with E-state index in [1.807, 2.05) is 35.7 Å². The van der Waals surface area contributed by atoms with Crippen molar-refractivity contribution in [1.82, 2.24) is 9.29 Å². The van der Waals surface area contributed by atoms with Crippen LogP contribution in [0.1, 0.15) is 20.3 Å². The standard InChI is InChI=1S/C22H23ClN2O2S2/c1-15-10-16(2)13-25(12-15)29(26,27)20-5-3-4-18(11-20)21-14-28-22(24-21)17-6-8-19(23)9-7-17/h3-9,11,14-16H,10,12-13H2,1-2H3/t15-,16-/m0/s1. The maximum atomic E-state index is 13.2. The lowest BCUT2D eigenvalue weighted by Crippen LogP contribution is -2.42. The molecule has 152 valence electrons. The van der Waals surface area contributed by atoms with E-state index in [9.17, 15) is 8.42 Å². The van der Waals surface area contributed by atoms with Crippen molar-refractivity contribution in [2.75, 3.05) is 13.1 Å². The smallest absolute Gasteiger partial charge is 0.236 e. The van der Waals surface area contributed by atoms with Gasteiger partial charge in [-0.25, -0.2) is 13.4 Å². The molecule has 0 saturated carbocycles. The highest BCUT2D eigenvalue weighted by Gasteiger charge is 2.31. The van der Waals surface area contributed by atoms with Gasteiger partial charge in [-0.1, -0.05) is 49.7 Å². The summed E-state index contributed by atoms with van der Waals surface area (Å²) in [7, 11) is -3.51. The Morgan fingerprint density at radius 3 is 2.41 bits per heavy atom. The topological polar surface area (TPSA) is 50.3 Å². The van der Waals surface area contributed by atoms with Gasteiger partial charge < -0.3 is 0 Å². The molecular weight excluding hydrogens is 424 g/mol. The number of hydrogen-bond acceptors (Lipinski definition) is 4. The summed E-state index contributed by atoms with van der Waals surface area (Å²) in [6, 6.07) is 14.7. The molecule has 0 N–H and O–H groups in total. The zero-order valence-corrected chi connectivity index (χ0v) is 18.8. The van der Waals surface area contributed by atoms with Crippen LogP contribution in [0.3, 0.4) is 0 Å². The molecule has 0 amide bonds. The van der Waals surface area contributed by atoms with Gasteiger partial charge in [-0.15, -0.1) is 11.3 Å². The number of thiazole rings is 1. The van der Waals surface area contributed by atoms with Crippen LogP contribution < -0.4 is 0 Å². The van der Waals surface area contributed by atoms with E-state index in [1.165, 1.54) is 11.3 Å².